The first-order valence-corrected chi connectivity index (χ1v) is 12.7. The third kappa shape index (κ3) is 4.84. The van der Waals surface area contributed by atoms with E-state index in [0.29, 0.717) is 32.1 Å². The number of nitrogens with zero attached hydrogens (tertiary/aromatic N) is 3. The lowest BCUT2D eigenvalue weighted by Gasteiger charge is -2.40. The number of nitrogens with one attached hydrogen (secondary N) is 1. The van der Waals surface area contributed by atoms with Crippen LogP contribution in [0.4, 0.5) is 24.7 Å². The van der Waals surface area contributed by atoms with Crippen molar-refractivity contribution in [1.82, 2.24) is 9.88 Å². The number of hydrogen-bond acceptors (Lipinski definition) is 6. The zero-order valence-corrected chi connectivity index (χ0v) is 20.4. The fourth-order valence-electron chi connectivity index (χ4n) is 4.52. The molecule has 0 bridgehead atoms. The predicted octanol–water partition coefficient (Wildman–Crippen LogP) is 4.03. The second-order valence-electron chi connectivity index (χ2n) is 8.84. The maximum absolute atomic E-state index is 15.1. The zero-order valence-electron chi connectivity index (χ0n) is 18.8. The fraction of sp³-hybridized carbons (Fsp3) is 0.500. The van der Waals surface area contributed by atoms with E-state index < -0.39 is 48.9 Å². The molecule has 34 heavy (non-hydrogen) atoms. The third-order valence-corrected chi connectivity index (χ3v) is 8.39. The molecule has 7 nitrogen and oxygen atoms in total. The maximum Gasteiger partial charge on any atom is 0.268 e. The number of pyridine rings is 1. The van der Waals surface area contributed by atoms with Crippen molar-refractivity contribution in [3.05, 3.63) is 46.9 Å². The summed E-state index contributed by atoms with van der Waals surface area (Å²) in [6.45, 7) is 1.43. The summed E-state index contributed by atoms with van der Waals surface area (Å²) in [5.41, 5.74) is -0.500. The van der Waals surface area contributed by atoms with Crippen LogP contribution in [-0.4, -0.2) is 63.7 Å². The third-order valence-electron chi connectivity index (χ3n) is 6.65. The number of benzene rings is 1. The Kier molecular flexibility index (Phi) is 7.01. The van der Waals surface area contributed by atoms with Crippen LogP contribution in [-0.2, 0) is 14.8 Å². The van der Waals surface area contributed by atoms with Gasteiger partial charge in [0, 0.05) is 38.9 Å². The van der Waals surface area contributed by atoms with Crippen LogP contribution >= 0.6 is 11.6 Å². The van der Waals surface area contributed by atoms with Gasteiger partial charge in [-0.2, -0.15) is 4.39 Å². The molecule has 12 heteroatoms. The average molecular weight is 519 g/mol. The van der Waals surface area contributed by atoms with E-state index in [4.69, 9.17) is 16.3 Å². The zero-order chi connectivity index (χ0) is 24.7. The van der Waals surface area contributed by atoms with Crippen LogP contribution in [0.2, 0.25) is 5.02 Å². The molecule has 2 aromatic rings. The van der Waals surface area contributed by atoms with Crippen LogP contribution in [0.5, 0.6) is 0 Å². The van der Waals surface area contributed by atoms with Crippen molar-refractivity contribution >= 4 is 33.1 Å². The molecule has 1 aromatic carbocycles. The van der Waals surface area contributed by atoms with Gasteiger partial charge in [-0.1, -0.05) is 24.1 Å². The minimum absolute atomic E-state index is 0.0460. The molecule has 1 aliphatic heterocycles. The monoisotopic (exact) mass is 518 g/mol. The molecule has 1 atom stereocenters. The highest BCUT2D eigenvalue weighted by molar-refractivity contribution is 7.92. The van der Waals surface area contributed by atoms with E-state index in [1.807, 2.05) is 11.8 Å². The van der Waals surface area contributed by atoms with Crippen molar-refractivity contribution < 1.29 is 26.3 Å². The molecule has 0 amide bonds. The lowest BCUT2D eigenvalue weighted by Crippen LogP contribution is -2.50. The topological polar surface area (TPSA) is 74.8 Å². The molecule has 4 rings (SSSR count). The number of methoxy groups -OCH3 is 1. The van der Waals surface area contributed by atoms with Crippen LogP contribution in [0.15, 0.2) is 29.2 Å². The number of anilines is 2. The quantitative estimate of drug-likeness (QED) is 0.420. The normalized spacial score (nSPS) is 21.2. The lowest BCUT2D eigenvalue weighted by atomic mass is 9.90. The number of sulfonamides is 1. The Morgan fingerprint density at radius 2 is 2.06 bits per heavy atom. The Bertz CT molecular complexity index is 1180. The number of ether oxygens (including phenoxy) is 1. The molecule has 2 heterocycles. The minimum Gasteiger partial charge on any atom is -0.375 e. The Balaban J connectivity index is 1.59. The van der Waals surface area contributed by atoms with Gasteiger partial charge in [-0.25, -0.2) is 22.2 Å². The van der Waals surface area contributed by atoms with E-state index in [2.05, 4.69) is 9.88 Å². The Hall–Kier alpha value is -2.08. The largest absolute Gasteiger partial charge is 0.375 e. The predicted molar refractivity (Wildman–Crippen MR) is 123 cm³/mol. The van der Waals surface area contributed by atoms with Crippen LogP contribution < -0.4 is 9.62 Å². The molecule has 1 N–H and O–H groups in total. The number of likely N-dealkylation sites (N-methyl/N-ethyl adjacent to an activating group) is 1. The number of hydrogen-bond donors (Lipinski definition) is 1. The second-order valence-corrected chi connectivity index (χ2v) is 10.8. The summed E-state index contributed by atoms with van der Waals surface area (Å²) in [6, 6.07) is 4.78. The van der Waals surface area contributed by atoms with Crippen LogP contribution in [0.3, 0.4) is 0 Å². The van der Waals surface area contributed by atoms with Gasteiger partial charge in [0.2, 0.25) is 5.95 Å². The van der Waals surface area contributed by atoms with Gasteiger partial charge in [-0.15, -0.1) is 0 Å². The van der Waals surface area contributed by atoms with Crippen LogP contribution in [0, 0.1) is 17.6 Å². The highest BCUT2D eigenvalue weighted by atomic mass is 35.5. The van der Waals surface area contributed by atoms with Crippen LogP contribution in [0.1, 0.15) is 25.7 Å². The molecule has 2 fully saturated rings. The van der Waals surface area contributed by atoms with E-state index in [1.54, 1.807) is 12.0 Å². The molecule has 1 aromatic heterocycles. The number of rotatable bonds is 8. The van der Waals surface area contributed by atoms with E-state index in [1.165, 1.54) is 12.5 Å². The Morgan fingerprint density at radius 1 is 1.32 bits per heavy atom. The lowest BCUT2D eigenvalue weighted by molar-refractivity contribution is -0.0300. The second kappa shape index (κ2) is 9.52. The first-order chi connectivity index (χ1) is 16.0. The van der Waals surface area contributed by atoms with Crippen molar-refractivity contribution in [1.29, 1.82) is 0 Å². The van der Waals surface area contributed by atoms with Crippen LogP contribution in [0.25, 0.3) is 0 Å². The Morgan fingerprint density at radius 3 is 2.68 bits per heavy atom. The fourth-order valence-corrected chi connectivity index (χ4v) is 5.99. The molecule has 2 aliphatic rings. The van der Waals surface area contributed by atoms with Crippen molar-refractivity contribution in [2.24, 2.45) is 0 Å². The highest BCUT2D eigenvalue weighted by Gasteiger charge is 2.42. The molecule has 1 unspecified atom stereocenters. The van der Waals surface area contributed by atoms with E-state index in [0.717, 1.165) is 31.0 Å². The molecule has 186 valence electrons. The Labute approximate surface area is 201 Å². The number of halogens is 4. The van der Waals surface area contributed by atoms with Gasteiger partial charge in [-0.05, 0) is 38.4 Å². The molecular formula is C22H26ClF3N4O3S. The molecular weight excluding hydrogens is 493 g/mol. The number of aromatic nitrogens is 1. The van der Waals surface area contributed by atoms with Crippen molar-refractivity contribution in [3.63, 3.8) is 0 Å². The first-order valence-electron chi connectivity index (χ1n) is 10.9. The van der Waals surface area contributed by atoms with Gasteiger partial charge in [-0.3, -0.25) is 4.72 Å². The summed E-state index contributed by atoms with van der Waals surface area (Å²) in [5.74, 6) is -4.11. The van der Waals surface area contributed by atoms with Gasteiger partial charge in [0.1, 0.15) is 16.7 Å². The van der Waals surface area contributed by atoms with E-state index in [9.17, 15) is 17.2 Å². The maximum atomic E-state index is 15.1. The first kappa shape index (κ1) is 25.0. The van der Waals surface area contributed by atoms with Gasteiger partial charge < -0.3 is 14.5 Å². The molecule has 1 saturated heterocycles. The highest BCUT2D eigenvalue weighted by Crippen LogP contribution is 2.39. The minimum atomic E-state index is -4.77. The smallest absolute Gasteiger partial charge is 0.268 e. The van der Waals surface area contributed by atoms with Gasteiger partial charge in [0.05, 0.1) is 11.3 Å². The summed E-state index contributed by atoms with van der Waals surface area (Å²) in [5, 5.41) is -0.520. The van der Waals surface area contributed by atoms with Crippen molar-refractivity contribution in [2.45, 2.75) is 42.2 Å². The van der Waals surface area contributed by atoms with Crippen molar-refractivity contribution in [2.75, 3.05) is 43.4 Å². The van der Waals surface area contributed by atoms with Gasteiger partial charge in [0.15, 0.2) is 10.7 Å². The molecule has 0 radical (unpaired) electrons. The standard InChI is InChI=1S/C22H26ClF3N4O3S/c1-29(14-5-3-6-14)12-22(33-2)9-10-30(13-22)16-11-15(24)21(20(26)19(16)23)34(31,32)28-18-8-4-7-17(25)27-18/h4,7-8,11,14H,3,5-6,9-10,12-13H2,1-2H3,(H,27,28). The molecule has 1 aliphatic carbocycles. The molecule has 0 spiro atoms. The van der Waals surface area contributed by atoms with Crippen molar-refractivity contribution in [3.8, 4) is 0 Å². The summed E-state index contributed by atoms with van der Waals surface area (Å²) < 4.78 is 76.5. The summed E-state index contributed by atoms with van der Waals surface area (Å²) in [6.07, 6.45) is 4.09. The average Bonchev–Trinajstić information content (AvgIpc) is 3.13. The van der Waals surface area contributed by atoms with E-state index in [-0.39, 0.29) is 5.69 Å². The summed E-state index contributed by atoms with van der Waals surface area (Å²) >= 11 is 6.21. The SMILES string of the molecule is COC1(CN(C)C2CCC2)CCN(c2cc(F)c(S(=O)(=O)Nc3cccc(F)n3)c(F)c2Cl)C1. The summed E-state index contributed by atoms with van der Waals surface area (Å²) in [4.78, 5) is 6.05. The van der Waals surface area contributed by atoms with Gasteiger partial charge in [0.25, 0.3) is 10.0 Å². The molecule has 1 saturated carbocycles. The summed E-state index contributed by atoms with van der Waals surface area (Å²) in [7, 11) is -1.11. The van der Waals surface area contributed by atoms with Gasteiger partial charge >= 0.3 is 0 Å². The van der Waals surface area contributed by atoms with E-state index >= 15 is 4.39 Å².